The van der Waals surface area contributed by atoms with Crippen molar-refractivity contribution in [3.8, 4) is 0 Å². The number of hydrogen-bond donors (Lipinski definition) is 1. The number of hydrogen-bond acceptors (Lipinski definition) is 3. The number of halogens is 2. The molecule has 0 aliphatic carbocycles. The molecule has 1 amide bonds. The van der Waals surface area contributed by atoms with Crippen molar-refractivity contribution in [3.05, 3.63) is 28.8 Å². The number of aliphatic carboxylic acids is 1. The van der Waals surface area contributed by atoms with Crippen LogP contribution in [0.4, 0.5) is 4.39 Å². The first kappa shape index (κ1) is 14.7. The predicted octanol–water partition coefficient (Wildman–Crippen LogP) is 2.20. The van der Waals surface area contributed by atoms with Gasteiger partial charge in [-0.1, -0.05) is 18.5 Å². The number of aromatic nitrogens is 1. The van der Waals surface area contributed by atoms with Crippen molar-refractivity contribution in [3.63, 3.8) is 0 Å². The number of nitrogens with zero attached hydrogens (tertiary/aromatic N) is 2. The number of carboxylic acid groups (broad SMARTS) is 1. The summed E-state index contributed by atoms with van der Waals surface area (Å²) in [5.41, 5.74) is -0.966. The van der Waals surface area contributed by atoms with Crippen molar-refractivity contribution in [2.75, 3.05) is 13.1 Å². The van der Waals surface area contributed by atoms with Gasteiger partial charge in [0.05, 0.1) is 17.2 Å². The molecule has 0 spiro atoms. The van der Waals surface area contributed by atoms with Crippen LogP contribution in [0.2, 0.25) is 5.15 Å². The maximum atomic E-state index is 13.2. The van der Waals surface area contributed by atoms with Gasteiger partial charge in [-0.2, -0.15) is 0 Å². The van der Waals surface area contributed by atoms with Gasteiger partial charge in [-0.15, -0.1) is 0 Å². The first-order valence-electron chi connectivity index (χ1n) is 6.23. The summed E-state index contributed by atoms with van der Waals surface area (Å²) >= 11 is 5.80. The summed E-state index contributed by atoms with van der Waals surface area (Å²) in [4.78, 5) is 28.6. The van der Waals surface area contributed by atoms with Crippen LogP contribution in [0.1, 0.15) is 30.1 Å². The summed E-state index contributed by atoms with van der Waals surface area (Å²) < 4.78 is 13.2. The smallest absolute Gasteiger partial charge is 0.311 e. The van der Waals surface area contributed by atoms with E-state index in [0.717, 1.165) is 12.3 Å². The summed E-state index contributed by atoms with van der Waals surface area (Å²) in [6.07, 6.45) is 1.74. The average Bonchev–Trinajstić information content (AvgIpc) is 2.86. The lowest BCUT2D eigenvalue weighted by Gasteiger charge is -2.23. The zero-order chi connectivity index (χ0) is 14.9. The summed E-state index contributed by atoms with van der Waals surface area (Å²) in [5, 5.41) is 9.21. The van der Waals surface area contributed by atoms with Crippen LogP contribution in [0.5, 0.6) is 0 Å². The highest BCUT2D eigenvalue weighted by Gasteiger charge is 2.45. The minimum atomic E-state index is -0.928. The molecule has 2 rings (SSSR count). The van der Waals surface area contributed by atoms with Crippen LogP contribution in [0.25, 0.3) is 0 Å². The Hall–Kier alpha value is -1.69. The van der Waals surface area contributed by atoms with Gasteiger partial charge >= 0.3 is 5.97 Å². The average molecular weight is 301 g/mol. The molecule has 1 atom stereocenters. The summed E-state index contributed by atoms with van der Waals surface area (Å²) in [5.74, 6) is -2.06. The molecular weight excluding hydrogens is 287 g/mol. The van der Waals surface area contributed by atoms with E-state index in [2.05, 4.69) is 4.98 Å². The number of amides is 1. The fourth-order valence-electron chi connectivity index (χ4n) is 2.40. The molecule has 1 unspecified atom stereocenters. The maximum absolute atomic E-state index is 13.2. The van der Waals surface area contributed by atoms with E-state index in [1.54, 1.807) is 6.92 Å². The second-order valence-electron chi connectivity index (χ2n) is 4.91. The van der Waals surface area contributed by atoms with Gasteiger partial charge in [0.1, 0.15) is 11.0 Å². The van der Waals surface area contributed by atoms with Gasteiger partial charge in [-0.05, 0) is 18.9 Å². The van der Waals surface area contributed by atoms with Crippen LogP contribution in [0.15, 0.2) is 12.3 Å². The molecule has 0 saturated carbocycles. The summed E-state index contributed by atoms with van der Waals surface area (Å²) in [6, 6.07) is 1.02. The second kappa shape index (κ2) is 5.36. The zero-order valence-electron chi connectivity index (χ0n) is 10.9. The van der Waals surface area contributed by atoms with E-state index in [1.165, 1.54) is 4.90 Å². The lowest BCUT2D eigenvalue weighted by Crippen LogP contribution is -2.36. The fourth-order valence-corrected chi connectivity index (χ4v) is 2.59. The van der Waals surface area contributed by atoms with Crippen molar-refractivity contribution in [2.24, 2.45) is 5.41 Å². The third kappa shape index (κ3) is 2.47. The number of carbonyl (C=O) groups excluding carboxylic acids is 1. The highest BCUT2D eigenvalue weighted by atomic mass is 35.5. The lowest BCUT2D eigenvalue weighted by molar-refractivity contribution is -0.148. The molecule has 1 N–H and O–H groups in total. The standard InChI is InChI=1S/C13H14ClFN2O3/c1-2-13(12(19)20)3-4-17(7-13)11(18)9-5-8(15)6-16-10(9)14/h5-6H,2-4,7H2,1H3,(H,19,20). The van der Waals surface area contributed by atoms with Crippen LogP contribution in [0.3, 0.4) is 0 Å². The molecule has 0 bridgehead atoms. The van der Waals surface area contributed by atoms with Gasteiger partial charge in [0.2, 0.25) is 0 Å². The molecule has 1 aromatic rings. The van der Waals surface area contributed by atoms with E-state index < -0.39 is 23.1 Å². The van der Waals surface area contributed by atoms with Crippen molar-refractivity contribution < 1.29 is 19.1 Å². The predicted molar refractivity (Wildman–Crippen MR) is 70.1 cm³/mol. The Morgan fingerprint density at radius 2 is 2.30 bits per heavy atom. The minimum absolute atomic E-state index is 0.0380. The highest BCUT2D eigenvalue weighted by molar-refractivity contribution is 6.32. The van der Waals surface area contributed by atoms with Gasteiger partial charge < -0.3 is 10.0 Å². The Morgan fingerprint density at radius 3 is 2.85 bits per heavy atom. The van der Waals surface area contributed by atoms with E-state index in [0.29, 0.717) is 19.4 Å². The zero-order valence-corrected chi connectivity index (χ0v) is 11.7. The van der Waals surface area contributed by atoms with Gasteiger partial charge in [0, 0.05) is 13.1 Å². The quantitative estimate of drug-likeness (QED) is 0.869. The van der Waals surface area contributed by atoms with E-state index >= 15 is 0 Å². The molecule has 108 valence electrons. The molecule has 0 aromatic carbocycles. The van der Waals surface area contributed by atoms with Crippen molar-refractivity contribution in [2.45, 2.75) is 19.8 Å². The molecule has 1 aliphatic rings. The molecule has 1 aliphatic heterocycles. The van der Waals surface area contributed by atoms with Gasteiger partial charge in [0.15, 0.2) is 0 Å². The topological polar surface area (TPSA) is 70.5 Å². The van der Waals surface area contributed by atoms with Crippen LogP contribution < -0.4 is 0 Å². The molecule has 1 fully saturated rings. The number of rotatable bonds is 3. The van der Waals surface area contributed by atoms with Crippen LogP contribution in [-0.2, 0) is 4.79 Å². The third-order valence-electron chi connectivity index (χ3n) is 3.81. The highest BCUT2D eigenvalue weighted by Crippen LogP contribution is 2.35. The first-order valence-corrected chi connectivity index (χ1v) is 6.61. The van der Waals surface area contributed by atoms with Gasteiger partial charge in [-0.25, -0.2) is 9.37 Å². The molecule has 0 radical (unpaired) electrons. The Morgan fingerprint density at radius 1 is 1.60 bits per heavy atom. The molecule has 2 heterocycles. The Balaban J connectivity index is 2.24. The van der Waals surface area contributed by atoms with Crippen LogP contribution >= 0.6 is 11.6 Å². The minimum Gasteiger partial charge on any atom is -0.481 e. The van der Waals surface area contributed by atoms with Crippen molar-refractivity contribution >= 4 is 23.5 Å². The summed E-state index contributed by atoms with van der Waals surface area (Å²) in [7, 11) is 0. The van der Waals surface area contributed by atoms with E-state index in [-0.39, 0.29) is 17.3 Å². The van der Waals surface area contributed by atoms with Crippen LogP contribution in [0, 0.1) is 11.2 Å². The third-order valence-corrected chi connectivity index (χ3v) is 4.11. The Labute approximate surface area is 120 Å². The van der Waals surface area contributed by atoms with Crippen molar-refractivity contribution in [1.29, 1.82) is 0 Å². The van der Waals surface area contributed by atoms with Gasteiger partial charge in [0.25, 0.3) is 5.91 Å². The molecule has 7 heteroatoms. The number of carbonyl (C=O) groups is 2. The lowest BCUT2D eigenvalue weighted by atomic mass is 9.84. The molecule has 20 heavy (non-hydrogen) atoms. The fraction of sp³-hybridized carbons (Fsp3) is 0.462. The first-order chi connectivity index (χ1) is 9.39. The SMILES string of the molecule is CCC1(C(=O)O)CCN(C(=O)c2cc(F)cnc2Cl)C1. The largest absolute Gasteiger partial charge is 0.481 e. The molecule has 1 aromatic heterocycles. The van der Waals surface area contributed by atoms with Crippen LogP contribution in [-0.4, -0.2) is 40.0 Å². The normalized spacial score (nSPS) is 22.1. The summed E-state index contributed by atoms with van der Waals surface area (Å²) in [6.45, 7) is 2.19. The van der Waals surface area contributed by atoms with Crippen molar-refractivity contribution in [1.82, 2.24) is 9.88 Å². The molecular formula is C13H14ClFN2O3. The number of carboxylic acids is 1. The monoisotopic (exact) mass is 300 g/mol. The maximum Gasteiger partial charge on any atom is 0.311 e. The number of likely N-dealkylation sites (tertiary alicyclic amines) is 1. The Bertz CT molecular complexity index is 567. The number of pyridine rings is 1. The Kier molecular flexibility index (Phi) is 3.94. The van der Waals surface area contributed by atoms with E-state index in [1.807, 2.05) is 0 Å². The molecule has 1 saturated heterocycles. The van der Waals surface area contributed by atoms with E-state index in [4.69, 9.17) is 11.6 Å². The second-order valence-corrected chi connectivity index (χ2v) is 5.27. The van der Waals surface area contributed by atoms with E-state index in [9.17, 15) is 19.1 Å². The van der Waals surface area contributed by atoms with Gasteiger partial charge in [-0.3, -0.25) is 9.59 Å². The molecule has 5 nitrogen and oxygen atoms in total.